The van der Waals surface area contributed by atoms with Crippen LogP contribution in [-0.2, 0) is 4.79 Å². The topological polar surface area (TPSA) is 37.3 Å². The van der Waals surface area contributed by atoms with Gasteiger partial charge in [0.1, 0.15) is 5.82 Å². The van der Waals surface area contributed by atoms with Gasteiger partial charge in [-0.25, -0.2) is 4.39 Å². The minimum atomic E-state index is -0.841. The van der Waals surface area contributed by atoms with Gasteiger partial charge >= 0.3 is 5.97 Å². The van der Waals surface area contributed by atoms with Crippen molar-refractivity contribution in [3.05, 3.63) is 35.1 Å². The van der Waals surface area contributed by atoms with Gasteiger partial charge in [-0.1, -0.05) is 6.07 Å². The van der Waals surface area contributed by atoms with Gasteiger partial charge in [0, 0.05) is 0 Å². The maximum absolute atomic E-state index is 13.1. The van der Waals surface area contributed by atoms with Gasteiger partial charge < -0.3 is 5.11 Å². The highest BCUT2D eigenvalue weighted by Gasteiger charge is 2.38. The molecule has 0 amide bonds. The van der Waals surface area contributed by atoms with Crippen LogP contribution in [0.2, 0.25) is 0 Å². The van der Waals surface area contributed by atoms with E-state index in [1.807, 2.05) is 6.92 Å². The molecule has 1 aromatic carbocycles. The summed E-state index contributed by atoms with van der Waals surface area (Å²) in [7, 11) is 0. The lowest BCUT2D eigenvalue weighted by Gasteiger charge is -2.14. The van der Waals surface area contributed by atoms with Crippen LogP contribution < -0.4 is 0 Å². The third-order valence-corrected chi connectivity index (χ3v) is 2.94. The number of carboxylic acids is 1. The highest BCUT2D eigenvalue weighted by atomic mass is 19.1. The highest BCUT2D eigenvalue weighted by Crippen LogP contribution is 2.43. The van der Waals surface area contributed by atoms with Crippen molar-refractivity contribution in [2.24, 2.45) is 5.92 Å². The molecule has 1 saturated carbocycles. The van der Waals surface area contributed by atoms with E-state index in [1.54, 1.807) is 6.07 Å². The second-order valence-corrected chi connectivity index (χ2v) is 4.15. The summed E-state index contributed by atoms with van der Waals surface area (Å²) in [4.78, 5) is 11.1. The number of carbonyl (C=O) groups is 1. The number of halogens is 1. The largest absolute Gasteiger partial charge is 0.481 e. The molecular weight excluding hydrogens is 195 g/mol. The zero-order valence-electron chi connectivity index (χ0n) is 8.53. The van der Waals surface area contributed by atoms with Crippen LogP contribution in [0.5, 0.6) is 0 Å². The molecule has 0 bridgehead atoms. The molecule has 0 heterocycles. The Labute approximate surface area is 87.7 Å². The molecule has 0 aliphatic heterocycles. The van der Waals surface area contributed by atoms with Crippen LogP contribution in [0.25, 0.3) is 0 Å². The fourth-order valence-corrected chi connectivity index (χ4v) is 1.96. The van der Waals surface area contributed by atoms with Crippen LogP contribution in [0, 0.1) is 18.7 Å². The Balaban J connectivity index is 2.40. The van der Waals surface area contributed by atoms with Gasteiger partial charge in [0.25, 0.3) is 0 Å². The van der Waals surface area contributed by atoms with Crippen molar-refractivity contribution in [1.29, 1.82) is 0 Å². The zero-order chi connectivity index (χ0) is 11.0. The smallest absolute Gasteiger partial charge is 0.311 e. The molecule has 1 aliphatic rings. The quantitative estimate of drug-likeness (QED) is 0.829. The average molecular weight is 208 g/mol. The number of benzene rings is 1. The lowest BCUT2D eigenvalue weighted by atomic mass is 9.91. The molecule has 80 valence electrons. The van der Waals surface area contributed by atoms with E-state index in [4.69, 9.17) is 5.11 Å². The van der Waals surface area contributed by atoms with Crippen LogP contribution in [0.1, 0.15) is 29.9 Å². The zero-order valence-corrected chi connectivity index (χ0v) is 8.53. The maximum atomic E-state index is 13.1. The fourth-order valence-electron chi connectivity index (χ4n) is 1.96. The van der Waals surface area contributed by atoms with Gasteiger partial charge in [0.2, 0.25) is 0 Å². The predicted molar refractivity (Wildman–Crippen MR) is 54.2 cm³/mol. The number of aryl methyl sites for hydroxylation is 1. The molecule has 2 nitrogen and oxygen atoms in total. The van der Waals surface area contributed by atoms with Crippen molar-refractivity contribution in [3.8, 4) is 0 Å². The van der Waals surface area contributed by atoms with E-state index in [9.17, 15) is 9.18 Å². The SMILES string of the molecule is Cc1ccc(F)cc1C(C(=O)O)C1CC1. The van der Waals surface area contributed by atoms with E-state index >= 15 is 0 Å². The second-order valence-electron chi connectivity index (χ2n) is 4.15. The molecule has 2 rings (SSSR count). The summed E-state index contributed by atoms with van der Waals surface area (Å²) in [6.45, 7) is 1.83. The van der Waals surface area contributed by atoms with Gasteiger partial charge in [-0.3, -0.25) is 4.79 Å². The third kappa shape index (κ3) is 2.01. The van der Waals surface area contributed by atoms with Crippen LogP contribution in [0.15, 0.2) is 18.2 Å². The van der Waals surface area contributed by atoms with Crippen LogP contribution in [0.4, 0.5) is 4.39 Å². The van der Waals surface area contributed by atoms with Gasteiger partial charge in [0.05, 0.1) is 5.92 Å². The Hall–Kier alpha value is -1.38. The number of hydrogen-bond acceptors (Lipinski definition) is 1. The molecular formula is C12H13FO2. The van der Waals surface area contributed by atoms with Crippen molar-refractivity contribution >= 4 is 5.97 Å². The standard InChI is InChI=1S/C12H13FO2/c1-7-2-5-9(13)6-10(7)11(12(14)15)8-3-4-8/h2,5-6,8,11H,3-4H2,1H3,(H,14,15). The molecule has 0 aromatic heterocycles. The van der Waals surface area contributed by atoms with Crippen LogP contribution >= 0.6 is 0 Å². The van der Waals surface area contributed by atoms with E-state index in [0.29, 0.717) is 5.56 Å². The number of rotatable bonds is 3. The molecule has 1 atom stereocenters. The van der Waals surface area contributed by atoms with Crippen molar-refractivity contribution in [1.82, 2.24) is 0 Å². The first kappa shape index (κ1) is 10.1. The molecule has 1 aromatic rings. The highest BCUT2D eigenvalue weighted by molar-refractivity contribution is 5.77. The van der Waals surface area contributed by atoms with E-state index in [2.05, 4.69) is 0 Å². The number of carboxylic acid groups (broad SMARTS) is 1. The molecule has 0 saturated heterocycles. The summed E-state index contributed by atoms with van der Waals surface area (Å²) >= 11 is 0. The van der Waals surface area contributed by atoms with E-state index in [1.165, 1.54) is 12.1 Å². The lowest BCUT2D eigenvalue weighted by Crippen LogP contribution is -2.15. The van der Waals surface area contributed by atoms with Crippen molar-refractivity contribution in [3.63, 3.8) is 0 Å². The summed E-state index contributed by atoms with van der Waals surface area (Å²) in [6, 6.07) is 4.36. The maximum Gasteiger partial charge on any atom is 0.311 e. The summed E-state index contributed by atoms with van der Waals surface area (Å²) in [5.74, 6) is -1.53. The molecule has 1 aliphatic carbocycles. The Kier molecular flexibility index (Phi) is 2.47. The monoisotopic (exact) mass is 208 g/mol. The van der Waals surface area contributed by atoms with E-state index in [0.717, 1.165) is 18.4 Å². The van der Waals surface area contributed by atoms with Gasteiger partial charge in [-0.15, -0.1) is 0 Å². The average Bonchev–Trinajstić information content (AvgIpc) is 2.95. The predicted octanol–water partition coefficient (Wildman–Crippen LogP) is 2.71. The Morgan fingerprint density at radius 1 is 1.53 bits per heavy atom. The number of hydrogen-bond donors (Lipinski definition) is 1. The van der Waals surface area contributed by atoms with Crippen LogP contribution in [-0.4, -0.2) is 11.1 Å². The Morgan fingerprint density at radius 2 is 2.20 bits per heavy atom. The minimum Gasteiger partial charge on any atom is -0.481 e. The van der Waals surface area contributed by atoms with Crippen molar-refractivity contribution < 1.29 is 14.3 Å². The number of aliphatic carboxylic acids is 1. The molecule has 1 fully saturated rings. The van der Waals surface area contributed by atoms with Gasteiger partial charge in [0.15, 0.2) is 0 Å². The normalized spacial score (nSPS) is 17.5. The first-order valence-electron chi connectivity index (χ1n) is 5.08. The van der Waals surface area contributed by atoms with Crippen LogP contribution in [0.3, 0.4) is 0 Å². The summed E-state index contributed by atoms with van der Waals surface area (Å²) < 4.78 is 13.1. The summed E-state index contributed by atoms with van der Waals surface area (Å²) in [5, 5.41) is 9.13. The van der Waals surface area contributed by atoms with Gasteiger partial charge in [-0.2, -0.15) is 0 Å². The van der Waals surface area contributed by atoms with Crippen molar-refractivity contribution in [2.75, 3.05) is 0 Å². The third-order valence-electron chi connectivity index (χ3n) is 2.94. The second kappa shape index (κ2) is 3.65. The molecule has 1 N–H and O–H groups in total. The molecule has 0 radical (unpaired) electrons. The molecule has 0 spiro atoms. The fraction of sp³-hybridized carbons (Fsp3) is 0.417. The van der Waals surface area contributed by atoms with Crippen molar-refractivity contribution in [2.45, 2.75) is 25.7 Å². The Bertz CT molecular complexity index is 397. The van der Waals surface area contributed by atoms with Gasteiger partial charge in [-0.05, 0) is 48.9 Å². The first-order valence-corrected chi connectivity index (χ1v) is 5.08. The lowest BCUT2D eigenvalue weighted by molar-refractivity contribution is -0.139. The molecule has 3 heteroatoms. The summed E-state index contributed by atoms with van der Waals surface area (Å²) in [5.41, 5.74) is 1.49. The summed E-state index contributed by atoms with van der Waals surface area (Å²) in [6.07, 6.45) is 1.87. The minimum absolute atomic E-state index is 0.197. The molecule has 15 heavy (non-hydrogen) atoms. The molecule has 1 unspecified atom stereocenters. The van der Waals surface area contributed by atoms with E-state index < -0.39 is 11.9 Å². The van der Waals surface area contributed by atoms with E-state index in [-0.39, 0.29) is 11.7 Å². The Morgan fingerprint density at radius 3 is 2.73 bits per heavy atom. The first-order chi connectivity index (χ1) is 7.09.